The molecule has 6 heteroatoms. The maximum atomic E-state index is 5.73. The second-order valence-corrected chi connectivity index (χ2v) is 4.24. The minimum absolute atomic E-state index is 0.410. The number of rotatable bonds is 3. The molecule has 2 aromatic rings. The van der Waals surface area contributed by atoms with Crippen LogP contribution in [0, 0.1) is 0 Å². The number of nitrogens with one attached hydrogen (secondary N) is 1. The van der Waals surface area contributed by atoms with Crippen molar-refractivity contribution in [3.8, 4) is 0 Å². The Balaban J connectivity index is 2.19. The molecule has 3 N–H and O–H groups in total. The fourth-order valence-corrected chi connectivity index (χ4v) is 1.60. The van der Waals surface area contributed by atoms with E-state index in [1.54, 1.807) is 11.7 Å². The van der Waals surface area contributed by atoms with Gasteiger partial charge in [-0.15, -0.1) is 5.10 Å². The summed E-state index contributed by atoms with van der Waals surface area (Å²) in [6.07, 6.45) is 0. The first-order chi connectivity index (χ1) is 7.69. The van der Waals surface area contributed by atoms with E-state index < -0.39 is 0 Å². The van der Waals surface area contributed by atoms with Gasteiger partial charge in [-0.05, 0) is 17.7 Å². The van der Waals surface area contributed by atoms with E-state index in [0.717, 1.165) is 10.0 Å². The van der Waals surface area contributed by atoms with Crippen LogP contribution >= 0.6 is 15.9 Å². The van der Waals surface area contributed by atoms with Crippen molar-refractivity contribution in [2.75, 3.05) is 18.1 Å². The fourth-order valence-electron chi connectivity index (χ4n) is 1.34. The van der Waals surface area contributed by atoms with Crippen LogP contribution in [-0.2, 0) is 6.54 Å². The molecule has 0 bridgehead atoms. The molecule has 0 aliphatic carbocycles. The lowest BCUT2D eigenvalue weighted by molar-refractivity contribution is 0.698. The highest BCUT2D eigenvalue weighted by atomic mass is 79.9. The summed E-state index contributed by atoms with van der Waals surface area (Å²) < 4.78 is 2.72. The molecule has 84 valence electrons. The molecule has 0 amide bonds. The molecule has 0 atom stereocenters. The summed E-state index contributed by atoms with van der Waals surface area (Å²) in [5.74, 6) is 0.946. The highest BCUT2D eigenvalue weighted by Gasteiger charge is 2.05. The molecule has 16 heavy (non-hydrogen) atoms. The van der Waals surface area contributed by atoms with Gasteiger partial charge in [-0.2, -0.15) is 4.98 Å². The molecule has 0 saturated carbocycles. The standard InChI is InChI=1S/C10H12BrN5/c1-13-10-14-9(12)16(15-10)6-7-2-4-8(11)5-3-7/h2-5H,6H2,1H3,(H3,12,13,14,15). The molecule has 0 aliphatic rings. The van der Waals surface area contributed by atoms with Crippen LogP contribution in [0.25, 0.3) is 0 Å². The quantitative estimate of drug-likeness (QED) is 0.899. The van der Waals surface area contributed by atoms with Crippen LogP contribution < -0.4 is 11.1 Å². The van der Waals surface area contributed by atoms with Gasteiger partial charge < -0.3 is 11.1 Å². The van der Waals surface area contributed by atoms with Crippen molar-refractivity contribution in [1.82, 2.24) is 14.8 Å². The zero-order valence-corrected chi connectivity index (χ0v) is 10.4. The van der Waals surface area contributed by atoms with Crippen molar-refractivity contribution in [3.05, 3.63) is 34.3 Å². The first-order valence-corrected chi connectivity index (χ1v) is 5.61. The van der Waals surface area contributed by atoms with Crippen LogP contribution in [0.2, 0.25) is 0 Å². The molecule has 0 radical (unpaired) electrons. The third kappa shape index (κ3) is 2.33. The Morgan fingerprint density at radius 1 is 1.38 bits per heavy atom. The Bertz CT molecular complexity index is 476. The maximum Gasteiger partial charge on any atom is 0.243 e. The lowest BCUT2D eigenvalue weighted by Crippen LogP contribution is -2.06. The van der Waals surface area contributed by atoms with Crippen LogP contribution in [0.3, 0.4) is 0 Å². The van der Waals surface area contributed by atoms with E-state index in [-0.39, 0.29) is 0 Å². The first-order valence-electron chi connectivity index (χ1n) is 4.81. The van der Waals surface area contributed by atoms with E-state index in [4.69, 9.17) is 5.73 Å². The number of aromatic nitrogens is 3. The summed E-state index contributed by atoms with van der Waals surface area (Å²) in [6.45, 7) is 0.619. The van der Waals surface area contributed by atoms with Crippen LogP contribution in [0.4, 0.5) is 11.9 Å². The normalized spacial score (nSPS) is 10.4. The number of hydrogen-bond acceptors (Lipinski definition) is 4. The summed E-state index contributed by atoms with van der Waals surface area (Å²) in [5, 5.41) is 7.06. The maximum absolute atomic E-state index is 5.73. The van der Waals surface area contributed by atoms with Gasteiger partial charge in [-0.25, -0.2) is 4.68 Å². The van der Waals surface area contributed by atoms with Gasteiger partial charge in [0.25, 0.3) is 0 Å². The molecule has 1 aromatic carbocycles. The second-order valence-electron chi connectivity index (χ2n) is 3.33. The lowest BCUT2D eigenvalue weighted by atomic mass is 10.2. The number of nitrogens with two attached hydrogens (primary N) is 1. The van der Waals surface area contributed by atoms with Gasteiger partial charge in [0.15, 0.2) is 0 Å². The largest absolute Gasteiger partial charge is 0.368 e. The molecule has 0 unspecified atom stereocenters. The molecule has 0 aliphatic heterocycles. The third-order valence-electron chi connectivity index (χ3n) is 2.17. The summed E-state index contributed by atoms with van der Waals surface area (Å²) >= 11 is 3.39. The molecular formula is C10H12BrN5. The van der Waals surface area contributed by atoms with E-state index in [0.29, 0.717) is 18.4 Å². The van der Waals surface area contributed by atoms with E-state index in [2.05, 4.69) is 31.3 Å². The number of anilines is 2. The minimum atomic E-state index is 0.410. The number of nitrogens with zero attached hydrogens (tertiary/aromatic N) is 3. The highest BCUT2D eigenvalue weighted by molar-refractivity contribution is 9.10. The molecule has 5 nitrogen and oxygen atoms in total. The third-order valence-corrected chi connectivity index (χ3v) is 2.70. The first kappa shape index (κ1) is 10.9. The van der Waals surface area contributed by atoms with Crippen molar-refractivity contribution >= 4 is 27.8 Å². The van der Waals surface area contributed by atoms with E-state index in [1.807, 2.05) is 24.3 Å². The molecule has 0 fully saturated rings. The molecular weight excluding hydrogens is 270 g/mol. The second kappa shape index (κ2) is 4.52. The number of nitrogen functional groups attached to an aromatic ring is 1. The van der Waals surface area contributed by atoms with Gasteiger partial charge in [0.2, 0.25) is 11.9 Å². The summed E-state index contributed by atoms with van der Waals surface area (Å²) in [7, 11) is 1.76. The van der Waals surface area contributed by atoms with Crippen LogP contribution in [-0.4, -0.2) is 21.8 Å². The predicted molar refractivity (Wildman–Crippen MR) is 67.2 cm³/mol. The van der Waals surface area contributed by atoms with Crippen molar-refractivity contribution in [1.29, 1.82) is 0 Å². The average Bonchev–Trinajstić information content (AvgIpc) is 2.63. The monoisotopic (exact) mass is 281 g/mol. The van der Waals surface area contributed by atoms with Crippen molar-refractivity contribution < 1.29 is 0 Å². The summed E-state index contributed by atoms with van der Waals surface area (Å²) in [4.78, 5) is 4.05. The van der Waals surface area contributed by atoms with E-state index in [9.17, 15) is 0 Å². The fraction of sp³-hybridized carbons (Fsp3) is 0.200. The smallest absolute Gasteiger partial charge is 0.243 e. The van der Waals surface area contributed by atoms with Gasteiger partial charge in [0.1, 0.15) is 0 Å². The molecule has 0 spiro atoms. The van der Waals surface area contributed by atoms with Gasteiger partial charge in [-0.3, -0.25) is 0 Å². The topological polar surface area (TPSA) is 68.8 Å². The number of benzene rings is 1. The zero-order chi connectivity index (χ0) is 11.5. The molecule has 0 saturated heterocycles. The predicted octanol–water partition coefficient (Wildman–Crippen LogP) is 1.71. The minimum Gasteiger partial charge on any atom is -0.368 e. The van der Waals surface area contributed by atoms with Crippen molar-refractivity contribution in [3.63, 3.8) is 0 Å². The van der Waals surface area contributed by atoms with E-state index >= 15 is 0 Å². The summed E-state index contributed by atoms with van der Waals surface area (Å²) in [6, 6.07) is 8.01. The number of hydrogen-bond donors (Lipinski definition) is 2. The number of halogens is 1. The highest BCUT2D eigenvalue weighted by Crippen LogP contribution is 2.13. The Morgan fingerprint density at radius 3 is 2.62 bits per heavy atom. The van der Waals surface area contributed by atoms with Gasteiger partial charge in [0.05, 0.1) is 6.54 Å². The van der Waals surface area contributed by atoms with Crippen LogP contribution in [0.1, 0.15) is 5.56 Å². The van der Waals surface area contributed by atoms with Gasteiger partial charge in [-0.1, -0.05) is 28.1 Å². The Morgan fingerprint density at radius 2 is 2.06 bits per heavy atom. The summed E-state index contributed by atoms with van der Waals surface area (Å²) in [5.41, 5.74) is 6.86. The zero-order valence-electron chi connectivity index (χ0n) is 8.81. The molecule has 1 aromatic heterocycles. The van der Waals surface area contributed by atoms with Crippen LogP contribution in [0.15, 0.2) is 28.7 Å². The molecule has 1 heterocycles. The van der Waals surface area contributed by atoms with Crippen molar-refractivity contribution in [2.45, 2.75) is 6.54 Å². The molecule has 2 rings (SSSR count). The van der Waals surface area contributed by atoms with Gasteiger partial charge >= 0.3 is 0 Å². The average molecular weight is 282 g/mol. The lowest BCUT2D eigenvalue weighted by Gasteiger charge is -2.02. The van der Waals surface area contributed by atoms with Crippen LogP contribution in [0.5, 0.6) is 0 Å². The van der Waals surface area contributed by atoms with Gasteiger partial charge in [0, 0.05) is 11.5 Å². The Hall–Kier alpha value is -1.56. The van der Waals surface area contributed by atoms with E-state index in [1.165, 1.54) is 0 Å². The Labute approximate surface area is 102 Å². The Kier molecular flexibility index (Phi) is 3.09. The SMILES string of the molecule is CNc1nc(N)n(Cc2ccc(Br)cc2)n1. The van der Waals surface area contributed by atoms with Crippen molar-refractivity contribution in [2.24, 2.45) is 0 Å².